The Balaban J connectivity index is 2.21. The van der Waals surface area contributed by atoms with Gasteiger partial charge in [-0.15, -0.1) is 4.40 Å². The van der Waals surface area contributed by atoms with Crippen LogP contribution in [0.1, 0.15) is 0 Å². The monoisotopic (exact) mass is 245 g/mol. The lowest BCUT2D eigenvalue weighted by Crippen LogP contribution is -2.42. The number of morpholine rings is 1. The molecule has 0 radical (unpaired) electrons. The molecule has 0 aliphatic carbocycles. The van der Waals surface area contributed by atoms with Crippen LogP contribution < -0.4 is 5.73 Å². The summed E-state index contributed by atoms with van der Waals surface area (Å²) in [4.78, 5) is 12.9. The molecule has 0 spiro atoms. The van der Waals surface area contributed by atoms with E-state index in [1.807, 2.05) is 0 Å². The molecule has 2 N–H and O–H groups in total. The molecule has 0 atom stereocenters. The summed E-state index contributed by atoms with van der Waals surface area (Å²) >= 11 is 0. The fraction of sp³-hybridized carbons (Fsp3) is 0.500. The Hall–Kier alpha value is -1.41. The molecular weight excluding hydrogens is 234 g/mol. The Bertz CT molecular complexity index is 474. The molecule has 2 aliphatic heterocycles. The summed E-state index contributed by atoms with van der Waals surface area (Å²) < 4.78 is 31.2. The number of hydrogen-bond donors (Lipinski definition) is 1. The largest absolute Gasteiger partial charge is 0.383 e. The van der Waals surface area contributed by atoms with Gasteiger partial charge in [-0.2, -0.15) is 8.42 Å². The number of amidine groups is 1. The van der Waals surface area contributed by atoms with Crippen LogP contribution in [0.2, 0.25) is 0 Å². The smallest absolute Gasteiger partial charge is 0.289 e. The minimum Gasteiger partial charge on any atom is -0.383 e. The first-order valence-corrected chi connectivity index (χ1v) is 6.14. The lowest BCUT2D eigenvalue weighted by atomic mass is 10.3. The number of rotatable bonds is 1. The molecule has 16 heavy (non-hydrogen) atoms. The first-order valence-electron chi connectivity index (χ1n) is 4.70. The van der Waals surface area contributed by atoms with Crippen LogP contribution in [0.4, 0.5) is 0 Å². The molecule has 1 amide bonds. The van der Waals surface area contributed by atoms with Crippen molar-refractivity contribution >= 4 is 21.8 Å². The van der Waals surface area contributed by atoms with Crippen LogP contribution in [0.5, 0.6) is 0 Å². The first-order chi connectivity index (χ1) is 7.50. The molecule has 1 fully saturated rings. The Kier molecular flexibility index (Phi) is 2.68. The highest BCUT2D eigenvalue weighted by Crippen LogP contribution is 2.18. The minimum atomic E-state index is -3.89. The molecule has 1 saturated heterocycles. The van der Waals surface area contributed by atoms with Crippen molar-refractivity contribution in [3.05, 3.63) is 11.0 Å². The van der Waals surface area contributed by atoms with E-state index in [2.05, 4.69) is 4.40 Å². The van der Waals surface area contributed by atoms with E-state index in [1.165, 1.54) is 4.90 Å². The zero-order chi connectivity index (χ0) is 11.8. The van der Waals surface area contributed by atoms with Crippen LogP contribution in [0.15, 0.2) is 15.4 Å². The summed E-state index contributed by atoms with van der Waals surface area (Å²) in [5.74, 6) is -0.718. The number of carbonyl (C=O) groups excluding carboxylic acids is 1. The number of nitrogens with zero attached hydrogens (tertiary/aromatic N) is 2. The zero-order valence-corrected chi connectivity index (χ0v) is 9.24. The second-order valence-corrected chi connectivity index (χ2v) is 4.98. The molecule has 2 rings (SSSR count). The molecule has 0 unspecified atom stereocenters. The van der Waals surface area contributed by atoms with Gasteiger partial charge in [-0.25, -0.2) is 0 Å². The molecule has 0 saturated carbocycles. The Morgan fingerprint density at radius 3 is 2.56 bits per heavy atom. The van der Waals surface area contributed by atoms with Crippen molar-refractivity contribution < 1.29 is 17.9 Å². The second kappa shape index (κ2) is 3.87. The number of hydrogen-bond acceptors (Lipinski definition) is 5. The van der Waals surface area contributed by atoms with Gasteiger partial charge in [0.05, 0.1) is 13.2 Å². The van der Waals surface area contributed by atoms with Gasteiger partial charge in [-0.3, -0.25) is 4.79 Å². The minimum absolute atomic E-state index is 0.156. The van der Waals surface area contributed by atoms with Crippen molar-refractivity contribution in [2.24, 2.45) is 10.1 Å². The zero-order valence-electron chi connectivity index (χ0n) is 8.42. The molecule has 0 bridgehead atoms. The second-order valence-electron chi connectivity index (χ2n) is 3.40. The van der Waals surface area contributed by atoms with Gasteiger partial charge >= 0.3 is 0 Å². The molecule has 2 heterocycles. The van der Waals surface area contributed by atoms with Crippen LogP contribution in [-0.4, -0.2) is 51.4 Å². The fourth-order valence-electron chi connectivity index (χ4n) is 1.52. The fourth-order valence-corrected chi connectivity index (χ4v) is 2.57. The highest BCUT2D eigenvalue weighted by molar-refractivity contribution is 7.95. The van der Waals surface area contributed by atoms with E-state index in [1.54, 1.807) is 0 Å². The van der Waals surface area contributed by atoms with Crippen molar-refractivity contribution in [3.63, 3.8) is 0 Å². The third kappa shape index (κ3) is 1.93. The third-order valence-corrected chi connectivity index (χ3v) is 3.59. The van der Waals surface area contributed by atoms with E-state index in [9.17, 15) is 13.2 Å². The number of carbonyl (C=O) groups is 1. The normalized spacial score (nSPS) is 23.9. The molecule has 0 aromatic rings. The summed E-state index contributed by atoms with van der Waals surface area (Å²) in [6.07, 6.45) is 1.09. The summed E-state index contributed by atoms with van der Waals surface area (Å²) in [6.45, 7) is 1.59. The maximum atomic E-state index is 11.9. The van der Waals surface area contributed by atoms with E-state index in [-0.39, 0.29) is 10.7 Å². The Morgan fingerprint density at radius 2 is 2.06 bits per heavy atom. The van der Waals surface area contributed by atoms with Crippen LogP contribution in [-0.2, 0) is 19.6 Å². The van der Waals surface area contributed by atoms with Crippen molar-refractivity contribution in [3.8, 4) is 0 Å². The van der Waals surface area contributed by atoms with Gasteiger partial charge in [0.25, 0.3) is 15.9 Å². The van der Waals surface area contributed by atoms with Gasteiger partial charge in [0, 0.05) is 19.2 Å². The van der Waals surface area contributed by atoms with Crippen molar-refractivity contribution in [2.75, 3.05) is 26.3 Å². The topological polar surface area (TPSA) is 102 Å². The molecule has 88 valence electrons. The van der Waals surface area contributed by atoms with Crippen molar-refractivity contribution in [1.29, 1.82) is 0 Å². The Labute approximate surface area is 92.6 Å². The van der Waals surface area contributed by atoms with Gasteiger partial charge in [0.1, 0.15) is 5.84 Å². The molecule has 7 nitrogen and oxygen atoms in total. The highest BCUT2D eigenvalue weighted by atomic mass is 32.2. The Morgan fingerprint density at radius 1 is 1.44 bits per heavy atom. The van der Waals surface area contributed by atoms with E-state index in [0.29, 0.717) is 26.3 Å². The average molecular weight is 245 g/mol. The number of amides is 1. The summed E-state index contributed by atoms with van der Waals surface area (Å²) in [6, 6.07) is 0. The molecule has 8 heteroatoms. The summed E-state index contributed by atoms with van der Waals surface area (Å²) in [5.41, 5.74) is 5.27. The molecule has 0 aromatic heterocycles. The van der Waals surface area contributed by atoms with Gasteiger partial charge < -0.3 is 15.4 Å². The lowest BCUT2D eigenvalue weighted by molar-refractivity contribution is -0.130. The molecular formula is C8H11N3O4S. The van der Waals surface area contributed by atoms with Crippen LogP contribution in [0.25, 0.3) is 0 Å². The van der Waals surface area contributed by atoms with Crippen molar-refractivity contribution in [1.82, 2.24) is 4.90 Å². The standard InChI is InChI=1S/C8H11N3O4S/c9-7-5-6(16(13,14)10-7)8(12)11-1-3-15-4-2-11/h5H,1-4H2,(H2,9,10). The SMILES string of the molecule is NC1=NS(=O)(=O)C(C(=O)N2CCOCC2)=C1. The highest BCUT2D eigenvalue weighted by Gasteiger charge is 2.33. The number of sulfonamides is 1. The predicted molar refractivity (Wildman–Crippen MR) is 56.0 cm³/mol. The summed E-state index contributed by atoms with van der Waals surface area (Å²) in [5, 5.41) is 0. The van der Waals surface area contributed by atoms with E-state index in [0.717, 1.165) is 6.08 Å². The van der Waals surface area contributed by atoms with Crippen molar-refractivity contribution in [2.45, 2.75) is 0 Å². The predicted octanol–water partition coefficient (Wildman–Crippen LogP) is -1.57. The quantitative estimate of drug-likeness (QED) is 0.601. The number of ether oxygens (including phenoxy) is 1. The van der Waals surface area contributed by atoms with Gasteiger partial charge in [-0.05, 0) is 0 Å². The summed E-state index contributed by atoms with van der Waals surface area (Å²) in [7, 11) is -3.89. The van der Waals surface area contributed by atoms with Gasteiger partial charge in [0.15, 0.2) is 4.91 Å². The lowest BCUT2D eigenvalue weighted by Gasteiger charge is -2.26. The van der Waals surface area contributed by atoms with E-state index in [4.69, 9.17) is 10.5 Å². The maximum Gasteiger partial charge on any atom is 0.289 e. The van der Waals surface area contributed by atoms with Crippen LogP contribution in [0, 0.1) is 0 Å². The van der Waals surface area contributed by atoms with Gasteiger partial charge in [-0.1, -0.05) is 0 Å². The molecule has 0 aromatic carbocycles. The van der Waals surface area contributed by atoms with E-state index >= 15 is 0 Å². The average Bonchev–Trinajstić information content (AvgIpc) is 2.52. The number of nitrogens with two attached hydrogens (primary N) is 1. The molecule has 2 aliphatic rings. The van der Waals surface area contributed by atoms with Crippen LogP contribution in [0.3, 0.4) is 0 Å². The third-order valence-electron chi connectivity index (χ3n) is 2.29. The van der Waals surface area contributed by atoms with Crippen LogP contribution >= 0.6 is 0 Å². The van der Waals surface area contributed by atoms with Gasteiger partial charge in [0.2, 0.25) is 0 Å². The first kappa shape index (κ1) is 11.1. The maximum absolute atomic E-state index is 11.9. The van der Waals surface area contributed by atoms with E-state index < -0.39 is 15.9 Å².